The van der Waals surface area contributed by atoms with Gasteiger partial charge in [0.25, 0.3) is 0 Å². The minimum atomic E-state index is 0.185. The molecule has 1 aromatic rings. The van der Waals surface area contributed by atoms with Crippen molar-refractivity contribution in [1.82, 2.24) is 0 Å². The van der Waals surface area contributed by atoms with Gasteiger partial charge in [0.2, 0.25) is 0 Å². The number of nitrogens with two attached hydrogens (primary N) is 1. The van der Waals surface area contributed by atoms with Gasteiger partial charge in [-0.2, -0.15) is 0 Å². The number of oxime groups is 1. The van der Waals surface area contributed by atoms with Crippen LogP contribution in [0.2, 0.25) is 0 Å². The van der Waals surface area contributed by atoms with E-state index in [4.69, 9.17) is 10.9 Å². The second-order valence-electron chi connectivity index (χ2n) is 5.68. The van der Waals surface area contributed by atoms with Crippen LogP contribution in [0.15, 0.2) is 28.3 Å². The van der Waals surface area contributed by atoms with Crippen molar-refractivity contribution >= 4 is 23.3 Å². The van der Waals surface area contributed by atoms with Crippen molar-refractivity contribution in [3.8, 4) is 0 Å². The molecular formula is C14H21N3OS. The van der Waals surface area contributed by atoms with E-state index in [0.29, 0.717) is 5.41 Å². The van der Waals surface area contributed by atoms with Crippen LogP contribution in [0.1, 0.15) is 25.8 Å². The summed E-state index contributed by atoms with van der Waals surface area (Å²) in [4.78, 5) is 3.37. The number of anilines is 1. The molecule has 0 saturated carbocycles. The zero-order valence-electron chi connectivity index (χ0n) is 11.7. The van der Waals surface area contributed by atoms with Gasteiger partial charge in [0.15, 0.2) is 5.84 Å². The van der Waals surface area contributed by atoms with E-state index < -0.39 is 0 Å². The number of hydrogen-bond donors (Lipinski definition) is 2. The average molecular weight is 279 g/mol. The Kier molecular flexibility index (Phi) is 3.94. The maximum Gasteiger partial charge on any atom is 0.173 e. The van der Waals surface area contributed by atoms with E-state index in [2.05, 4.69) is 30.0 Å². The van der Waals surface area contributed by atoms with Gasteiger partial charge < -0.3 is 15.8 Å². The number of benzene rings is 1. The molecule has 19 heavy (non-hydrogen) atoms. The molecule has 1 aromatic carbocycles. The zero-order chi connectivity index (χ0) is 14.0. The van der Waals surface area contributed by atoms with Crippen LogP contribution < -0.4 is 10.6 Å². The second-order valence-corrected chi connectivity index (χ2v) is 6.52. The third-order valence-corrected chi connectivity index (χ3v) is 4.39. The van der Waals surface area contributed by atoms with Crippen molar-refractivity contribution in [2.24, 2.45) is 16.3 Å². The summed E-state index contributed by atoms with van der Waals surface area (Å²) in [6.45, 7) is 6.55. The smallest absolute Gasteiger partial charge is 0.173 e. The maximum absolute atomic E-state index is 9.01. The number of thioether (sulfide) groups is 1. The van der Waals surface area contributed by atoms with Gasteiger partial charge in [0, 0.05) is 23.7 Å². The Labute approximate surface area is 118 Å². The highest BCUT2D eigenvalue weighted by atomic mass is 32.2. The number of rotatable bonds is 3. The Hall–Kier alpha value is -1.36. The molecular weight excluding hydrogens is 258 g/mol. The van der Waals surface area contributed by atoms with Gasteiger partial charge in [-0.1, -0.05) is 25.1 Å². The topological polar surface area (TPSA) is 61.8 Å². The molecule has 104 valence electrons. The highest BCUT2D eigenvalue weighted by Crippen LogP contribution is 2.36. The molecule has 1 fully saturated rings. The van der Waals surface area contributed by atoms with E-state index in [1.807, 2.05) is 18.4 Å². The van der Waals surface area contributed by atoms with Crippen molar-refractivity contribution < 1.29 is 5.21 Å². The van der Waals surface area contributed by atoms with Crippen molar-refractivity contribution in [2.45, 2.75) is 25.2 Å². The highest BCUT2D eigenvalue weighted by Gasteiger charge is 2.31. The molecule has 5 heteroatoms. The lowest BCUT2D eigenvalue weighted by molar-refractivity contribution is 0.318. The molecule has 0 aliphatic carbocycles. The van der Waals surface area contributed by atoms with Crippen LogP contribution in [-0.4, -0.2) is 30.4 Å². The third kappa shape index (κ3) is 2.81. The van der Waals surface area contributed by atoms with E-state index in [-0.39, 0.29) is 5.84 Å². The Morgan fingerprint density at radius 3 is 2.74 bits per heavy atom. The van der Waals surface area contributed by atoms with Gasteiger partial charge in [0.05, 0.1) is 5.56 Å². The van der Waals surface area contributed by atoms with Gasteiger partial charge in [-0.05, 0) is 30.2 Å². The Morgan fingerprint density at radius 2 is 2.21 bits per heavy atom. The van der Waals surface area contributed by atoms with E-state index in [0.717, 1.165) is 35.7 Å². The van der Waals surface area contributed by atoms with Crippen LogP contribution >= 0.6 is 11.8 Å². The first-order valence-corrected chi connectivity index (χ1v) is 7.61. The molecule has 1 aliphatic heterocycles. The van der Waals surface area contributed by atoms with E-state index in [1.54, 1.807) is 11.8 Å². The molecule has 1 saturated heterocycles. The molecule has 0 spiro atoms. The molecule has 1 heterocycles. The van der Waals surface area contributed by atoms with E-state index in [1.165, 1.54) is 0 Å². The largest absolute Gasteiger partial charge is 0.409 e. The Balaban J connectivity index is 2.46. The first-order valence-electron chi connectivity index (χ1n) is 6.38. The quantitative estimate of drug-likeness (QED) is 0.294. The van der Waals surface area contributed by atoms with Gasteiger partial charge in [0.1, 0.15) is 0 Å². The molecule has 3 N–H and O–H groups in total. The van der Waals surface area contributed by atoms with Crippen LogP contribution in [0.25, 0.3) is 0 Å². The summed E-state index contributed by atoms with van der Waals surface area (Å²) in [6, 6.07) is 6.08. The van der Waals surface area contributed by atoms with Crippen molar-refractivity contribution in [3.05, 3.63) is 23.8 Å². The van der Waals surface area contributed by atoms with Gasteiger partial charge in [-0.3, -0.25) is 0 Å². The van der Waals surface area contributed by atoms with Crippen LogP contribution in [0, 0.1) is 5.41 Å². The average Bonchev–Trinajstić information content (AvgIpc) is 2.77. The first-order chi connectivity index (χ1) is 8.98. The van der Waals surface area contributed by atoms with Gasteiger partial charge in [-0.15, -0.1) is 11.8 Å². The summed E-state index contributed by atoms with van der Waals surface area (Å²) < 4.78 is 0. The van der Waals surface area contributed by atoms with Crippen molar-refractivity contribution in [1.29, 1.82) is 0 Å². The van der Waals surface area contributed by atoms with Crippen LogP contribution in [0.4, 0.5) is 5.69 Å². The lowest BCUT2D eigenvalue weighted by Crippen LogP contribution is -2.26. The van der Waals surface area contributed by atoms with E-state index >= 15 is 0 Å². The Bertz CT molecular complexity index is 499. The fourth-order valence-corrected chi connectivity index (χ4v) is 3.21. The Morgan fingerprint density at radius 1 is 1.47 bits per heavy atom. The summed E-state index contributed by atoms with van der Waals surface area (Å²) in [5.41, 5.74) is 8.09. The predicted molar refractivity (Wildman–Crippen MR) is 81.3 cm³/mol. The predicted octanol–water partition coefficient (Wildman–Crippen LogP) is 2.74. The molecule has 0 atom stereocenters. The summed E-state index contributed by atoms with van der Waals surface area (Å²) in [5, 5.41) is 12.2. The molecule has 0 bridgehead atoms. The summed E-state index contributed by atoms with van der Waals surface area (Å²) in [5.74, 6) is 0.185. The van der Waals surface area contributed by atoms with Gasteiger partial charge in [-0.25, -0.2) is 0 Å². The lowest BCUT2D eigenvalue weighted by atomic mass is 9.93. The minimum Gasteiger partial charge on any atom is -0.409 e. The molecule has 4 nitrogen and oxygen atoms in total. The van der Waals surface area contributed by atoms with Crippen LogP contribution in [0.5, 0.6) is 0 Å². The zero-order valence-corrected chi connectivity index (χ0v) is 12.5. The number of amidine groups is 1. The molecule has 0 unspecified atom stereocenters. The molecule has 0 amide bonds. The lowest BCUT2D eigenvalue weighted by Gasteiger charge is -2.24. The molecule has 2 rings (SSSR count). The maximum atomic E-state index is 9.01. The molecule has 0 aromatic heterocycles. The van der Waals surface area contributed by atoms with Crippen LogP contribution in [0.3, 0.4) is 0 Å². The third-order valence-electron chi connectivity index (χ3n) is 3.61. The minimum absolute atomic E-state index is 0.185. The summed E-state index contributed by atoms with van der Waals surface area (Å²) in [6.07, 6.45) is 3.16. The van der Waals surface area contributed by atoms with Crippen molar-refractivity contribution in [2.75, 3.05) is 24.2 Å². The standard InChI is InChI=1S/C14H21N3OS/c1-14(2)7-8-17(9-14)10-5-4-6-11(19-3)12(10)13(15)16-18/h4-6,18H,7-9H2,1-3H3,(H2,15,16). The second kappa shape index (κ2) is 5.33. The van der Waals surface area contributed by atoms with Crippen molar-refractivity contribution in [3.63, 3.8) is 0 Å². The first kappa shape index (κ1) is 14.1. The fourth-order valence-electron chi connectivity index (χ4n) is 2.58. The normalized spacial score (nSPS) is 18.9. The summed E-state index contributed by atoms with van der Waals surface area (Å²) >= 11 is 1.61. The molecule has 0 radical (unpaired) electrons. The SMILES string of the molecule is CSc1cccc(N2CCC(C)(C)C2)c1/C(N)=N/O. The monoisotopic (exact) mass is 279 g/mol. The van der Waals surface area contributed by atoms with Crippen LogP contribution in [-0.2, 0) is 0 Å². The molecule has 1 aliphatic rings. The number of hydrogen-bond acceptors (Lipinski definition) is 4. The summed E-state index contributed by atoms with van der Waals surface area (Å²) in [7, 11) is 0. The highest BCUT2D eigenvalue weighted by molar-refractivity contribution is 7.98. The van der Waals surface area contributed by atoms with Gasteiger partial charge >= 0.3 is 0 Å². The fraction of sp³-hybridized carbons (Fsp3) is 0.500. The van der Waals surface area contributed by atoms with E-state index in [9.17, 15) is 0 Å². The number of nitrogens with zero attached hydrogens (tertiary/aromatic N) is 2.